The minimum absolute atomic E-state index is 0.127. The van der Waals surface area contributed by atoms with Crippen LogP contribution in [0, 0.1) is 0 Å². The quantitative estimate of drug-likeness (QED) is 0.855. The molecular weight excluding hydrogens is 218 g/mol. The number of thioether (sulfide) groups is 1. The molecule has 0 saturated carbocycles. The van der Waals surface area contributed by atoms with Crippen molar-refractivity contribution >= 4 is 17.4 Å². The molecule has 2 atom stereocenters. The number of aliphatic hydroxyl groups excluding tert-OH is 1. The Bertz CT molecular complexity index is 338. The van der Waals surface area contributed by atoms with Crippen molar-refractivity contribution < 1.29 is 5.11 Å². The summed E-state index contributed by atoms with van der Waals surface area (Å²) < 4.78 is 0. The molecule has 0 bridgehead atoms. The summed E-state index contributed by atoms with van der Waals surface area (Å²) in [7, 11) is 0. The van der Waals surface area contributed by atoms with E-state index >= 15 is 0 Å². The third-order valence-corrected chi connectivity index (χ3v) is 4.67. The molecule has 0 amide bonds. The average molecular weight is 237 g/mol. The van der Waals surface area contributed by atoms with Crippen LogP contribution < -0.4 is 4.90 Å². The Labute approximate surface area is 102 Å². The number of rotatable bonds is 2. The van der Waals surface area contributed by atoms with Crippen LogP contribution in [0.2, 0.25) is 0 Å². The van der Waals surface area contributed by atoms with E-state index in [1.165, 1.54) is 11.4 Å². The summed E-state index contributed by atoms with van der Waals surface area (Å²) in [5.74, 6) is 1.20. The van der Waals surface area contributed by atoms with Crippen LogP contribution in [0.15, 0.2) is 24.3 Å². The van der Waals surface area contributed by atoms with Crippen molar-refractivity contribution in [1.82, 2.24) is 0 Å². The Balaban J connectivity index is 2.15. The molecule has 0 radical (unpaired) electrons. The summed E-state index contributed by atoms with van der Waals surface area (Å²) >= 11 is 2.05. The van der Waals surface area contributed by atoms with Gasteiger partial charge in [-0.25, -0.2) is 0 Å². The van der Waals surface area contributed by atoms with Crippen molar-refractivity contribution in [3.63, 3.8) is 0 Å². The molecule has 1 aliphatic heterocycles. The molecule has 1 aliphatic rings. The largest absolute Gasteiger partial charge is 0.392 e. The van der Waals surface area contributed by atoms with Crippen molar-refractivity contribution in [2.75, 3.05) is 17.2 Å². The highest BCUT2D eigenvalue weighted by Crippen LogP contribution is 2.29. The van der Waals surface area contributed by atoms with Gasteiger partial charge in [0.05, 0.1) is 6.61 Å². The molecule has 0 spiro atoms. The third kappa shape index (κ3) is 2.36. The maximum atomic E-state index is 9.02. The minimum atomic E-state index is 0.127. The van der Waals surface area contributed by atoms with Crippen LogP contribution in [-0.2, 0) is 6.61 Å². The van der Waals surface area contributed by atoms with E-state index in [2.05, 4.69) is 42.6 Å². The molecule has 88 valence electrons. The van der Waals surface area contributed by atoms with Crippen LogP contribution in [0.4, 0.5) is 5.69 Å². The average Bonchev–Trinajstić information content (AvgIpc) is 2.33. The maximum Gasteiger partial charge on any atom is 0.0681 e. The summed E-state index contributed by atoms with van der Waals surface area (Å²) in [6.45, 7) is 5.83. The standard InChI is InChI=1S/C13H19NOS/c1-10-11(2)16-8-7-14(10)13-5-3-12(9-15)4-6-13/h3-6,10-11,15H,7-9H2,1-2H3. The molecule has 1 heterocycles. The molecule has 1 N–H and O–H groups in total. The second-order valence-corrected chi connectivity index (χ2v) is 5.82. The highest BCUT2D eigenvalue weighted by atomic mass is 32.2. The Hall–Kier alpha value is -0.670. The number of hydrogen-bond donors (Lipinski definition) is 1. The van der Waals surface area contributed by atoms with E-state index in [1.807, 2.05) is 12.1 Å². The van der Waals surface area contributed by atoms with E-state index in [4.69, 9.17) is 5.11 Å². The Morgan fingerprint density at radius 3 is 2.62 bits per heavy atom. The van der Waals surface area contributed by atoms with Gasteiger partial charge < -0.3 is 10.0 Å². The summed E-state index contributed by atoms with van der Waals surface area (Å²) in [4.78, 5) is 2.46. The number of nitrogens with zero attached hydrogens (tertiary/aromatic N) is 1. The molecule has 2 rings (SSSR count). The molecule has 0 aromatic heterocycles. The van der Waals surface area contributed by atoms with Gasteiger partial charge in [0.25, 0.3) is 0 Å². The van der Waals surface area contributed by atoms with Gasteiger partial charge in [-0.2, -0.15) is 11.8 Å². The van der Waals surface area contributed by atoms with Crippen LogP contribution >= 0.6 is 11.8 Å². The first-order valence-electron chi connectivity index (χ1n) is 5.80. The molecule has 3 heteroatoms. The van der Waals surface area contributed by atoms with Crippen molar-refractivity contribution in [2.45, 2.75) is 31.7 Å². The lowest BCUT2D eigenvalue weighted by Crippen LogP contribution is -2.44. The SMILES string of the molecule is CC1SCCN(c2ccc(CO)cc2)C1C. The predicted molar refractivity (Wildman–Crippen MR) is 71.1 cm³/mol. The molecule has 0 aliphatic carbocycles. The maximum absolute atomic E-state index is 9.02. The molecule has 1 aromatic carbocycles. The van der Waals surface area contributed by atoms with E-state index in [-0.39, 0.29) is 6.61 Å². The number of hydrogen-bond acceptors (Lipinski definition) is 3. The first kappa shape index (κ1) is 11.8. The molecule has 16 heavy (non-hydrogen) atoms. The smallest absolute Gasteiger partial charge is 0.0681 e. The van der Waals surface area contributed by atoms with Gasteiger partial charge in [0.2, 0.25) is 0 Å². The minimum Gasteiger partial charge on any atom is -0.392 e. The molecule has 2 nitrogen and oxygen atoms in total. The fraction of sp³-hybridized carbons (Fsp3) is 0.538. The van der Waals surface area contributed by atoms with Gasteiger partial charge in [-0.1, -0.05) is 19.1 Å². The van der Waals surface area contributed by atoms with Gasteiger partial charge in [-0.15, -0.1) is 0 Å². The number of anilines is 1. The normalized spacial score (nSPS) is 25.8. The Morgan fingerprint density at radius 1 is 1.31 bits per heavy atom. The van der Waals surface area contributed by atoms with Gasteiger partial charge in [0.15, 0.2) is 0 Å². The van der Waals surface area contributed by atoms with Crippen LogP contribution in [0.1, 0.15) is 19.4 Å². The first-order valence-corrected chi connectivity index (χ1v) is 6.85. The topological polar surface area (TPSA) is 23.5 Å². The number of aliphatic hydroxyl groups is 1. The van der Waals surface area contributed by atoms with Crippen LogP contribution in [0.3, 0.4) is 0 Å². The summed E-state index contributed by atoms with van der Waals surface area (Å²) in [6, 6.07) is 8.83. The fourth-order valence-corrected chi connectivity index (χ4v) is 3.19. The third-order valence-electron chi connectivity index (χ3n) is 3.33. The van der Waals surface area contributed by atoms with Gasteiger partial charge in [-0.3, -0.25) is 0 Å². The van der Waals surface area contributed by atoms with Crippen molar-refractivity contribution in [3.8, 4) is 0 Å². The zero-order chi connectivity index (χ0) is 11.5. The molecular formula is C13H19NOS. The molecule has 1 fully saturated rings. The van der Waals surface area contributed by atoms with Gasteiger partial charge >= 0.3 is 0 Å². The van der Waals surface area contributed by atoms with Crippen molar-refractivity contribution in [2.24, 2.45) is 0 Å². The van der Waals surface area contributed by atoms with Crippen LogP contribution in [0.5, 0.6) is 0 Å². The Kier molecular flexibility index (Phi) is 3.77. The Morgan fingerprint density at radius 2 is 2.00 bits per heavy atom. The second-order valence-electron chi connectivity index (χ2n) is 4.33. The lowest BCUT2D eigenvalue weighted by atomic mass is 10.1. The molecule has 2 unspecified atom stereocenters. The monoisotopic (exact) mass is 237 g/mol. The zero-order valence-corrected chi connectivity index (χ0v) is 10.7. The summed E-state index contributed by atoms with van der Waals surface area (Å²) in [6.07, 6.45) is 0. The van der Waals surface area contributed by atoms with Gasteiger partial charge in [0.1, 0.15) is 0 Å². The van der Waals surface area contributed by atoms with Gasteiger partial charge in [0, 0.05) is 29.3 Å². The molecule has 1 aromatic rings. The van der Waals surface area contributed by atoms with Crippen LogP contribution in [0.25, 0.3) is 0 Å². The van der Waals surface area contributed by atoms with E-state index in [9.17, 15) is 0 Å². The molecule has 1 saturated heterocycles. The lowest BCUT2D eigenvalue weighted by Gasteiger charge is -2.39. The summed E-state index contributed by atoms with van der Waals surface area (Å²) in [5.41, 5.74) is 2.26. The van der Waals surface area contributed by atoms with Crippen LogP contribution in [-0.4, -0.2) is 28.7 Å². The predicted octanol–water partition coefficient (Wildman–Crippen LogP) is 2.51. The fourth-order valence-electron chi connectivity index (χ4n) is 2.09. The van der Waals surface area contributed by atoms with E-state index in [0.29, 0.717) is 11.3 Å². The zero-order valence-electron chi connectivity index (χ0n) is 9.89. The van der Waals surface area contributed by atoms with E-state index < -0.39 is 0 Å². The first-order chi connectivity index (χ1) is 7.72. The second kappa shape index (κ2) is 5.11. The number of benzene rings is 1. The van der Waals surface area contributed by atoms with E-state index in [1.54, 1.807) is 0 Å². The van der Waals surface area contributed by atoms with Crippen molar-refractivity contribution in [3.05, 3.63) is 29.8 Å². The van der Waals surface area contributed by atoms with Crippen molar-refractivity contribution in [1.29, 1.82) is 0 Å². The highest BCUT2D eigenvalue weighted by Gasteiger charge is 2.24. The summed E-state index contributed by atoms with van der Waals surface area (Å²) in [5, 5.41) is 9.70. The van der Waals surface area contributed by atoms with E-state index in [0.717, 1.165) is 12.1 Å². The lowest BCUT2D eigenvalue weighted by molar-refractivity contribution is 0.282. The van der Waals surface area contributed by atoms with Gasteiger partial charge in [-0.05, 0) is 24.6 Å². The highest BCUT2D eigenvalue weighted by molar-refractivity contribution is 8.00.